The lowest BCUT2D eigenvalue weighted by molar-refractivity contribution is -0.157. The molecule has 0 amide bonds. The van der Waals surface area contributed by atoms with Crippen LogP contribution >= 0.6 is 0 Å². The van der Waals surface area contributed by atoms with Gasteiger partial charge in [-0.05, 0) is 37.6 Å². The van der Waals surface area contributed by atoms with E-state index in [1.165, 1.54) is 6.20 Å². The van der Waals surface area contributed by atoms with E-state index in [-0.39, 0.29) is 30.1 Å². The average Bonchev–Trinajstić information content (AvgIpc) is 3.62. The van der Waals surface area contributed by atoms with Crippen LogP contribution in [0.4, 0.5) is 30.8 Å². The summed E-state index contributed by atoms with van der Waals surface area (Å²) in [4.78, 5) is 22.3. The Balaban J connectivity index is 1.31. The van der Waals surface area contributed by atoms with Gasteiger partial charge in [0.15, 0.2) is 0 Å². The van der Waals surface area contributed by atoms with Crippen molar-refractivity contribution in [2.45, 2.75) is 31.7 Å². The second-order valence-corrected chi connectivity index (χ2v) is 10.5. The molecule has 0 bridgehead atoms. The summed E-state index contributed by atoms with van der Waals surface area (Å²) in [6.07, 6.45) is -1.41. The third-order valence-electron chi connectivity index (χ3n) is 6.83. The van der Waals surface area contributed by atoms with Crippen LogP contribution in [0.1, 0.15) is 31.1 Å². The summed E-state index contributed by atoms with van der Waals surface area (Å²) >= 11 is 0. The van der Waals surface area contributed by atoms with Gasteiger partial charge in [-0.2, -0.15) is 23.1 Å². The number of halogens is 3. The van der Waals surface area contributed by atoms with Crippen LogP contribution in [0.3, 0.4) is 0 Å². The average molecular weight is 618 g/mol. The van der Waals surface area contributed by atoms with Gasteiger partial charge in [0, 0.05) is 17.9 Å². The molecule has 1 aromatic carbocycles. The molecule has 0 radical (unpaired) electrons. The van der Waals surface area contributed by atoms with E-state index in [4.69, 9.17) is 13.8 Å². The summed E-state index contributed by atoms with van der Waals surface area (Å²) in [6.45, 7) is 1.67. The summed E-state index contributed by atoms with van der Waals surface area (Å²) in [5.74, 6) is 1.11. The Hall–Kier alpha value is -4.93. The predicted octanol–water partition coefficient (Wildman–Crippen LogP) is 4.41. The first-order valence-electron chi connectivity index (χ1n) is 13.8. The van der Waals surface area contributed by atoms with E-state index >= 15 is 0 Å². The molecule has 3 N–H and O–H groups in total. The van der Waals surface area contributed by atoms with Gasteiger partial charge in [0.2, 0.25) is 11.8 Å². The Labute approximate surface area is 255 Å². The number of benzene rings is 1. The van der Waals surface area contributed by atoms with E-state index in [1.54, 1.807) is 50.4 Å². The maximum Gasteiger partial charge on any atom is 0.496 e. The van der Waals surface area contributed by atoms with Gasteiger partial charge in [-0.15, -0.1) is 0 Å². The SMILES string of the molecule is CC1(C)OB(OCC(F)(F)F)c2ccc(Nc3ncc(-c4nc(-c5ccccn5)no4)c(N[C@H](CO)c4ccccc4)n3)nc21. The topological polar surface area (TPSA) is 153 Å². The van der Waals surface area contributed by atoms with Gasteiger partial charge in [-0.1, -0.05) is 47.6 Å². The fraction of sp³-hybridized carbons (Fsp3) is 0.241. The van der Waals surface area contributed by atoms with Crippen LogP contribution in [-0.2, 0) is 14.9 Å². The minimum Gasteiger partial charge on any atom is -0.398 e. The highest BCUT2D eigenvalue weighted by Crippen LogP contribution is 2.33. The van der Waals surface area contributed by atoms with E-state index < -0.39 is 31.5 Å². The van der Waals surface area contributed by atoms with Crippen molar-refractivity contribution in [3.05, 3.63) is 84.3 Å². The summed E-state index contributed by atoms with van der Waals surface area (Å²) in [6, 6.07) is 17.2. The highest BCUT2D eigenvalue weighted by Gasteiger charge is 2.46. The number of aliphatic hydroxyl groups excluding tert-OH is 1. The minimum atomic E-state index is -4.50. The van der Waals surface area contributed by atoms with Crippen molar-refractivity contribution in [1.29, 1.82) is 0 Å². The lowest BCUT2D eigenvalue weighted by Crippen LogP contribution is -2.36. The van der Waals surface area contributed by atoms with Crippen LogP contribution in [0.2, 0.25) is 0 Å². The van der Waals surface area contributed by atoms with Gasteiger partial charge in [-0.3, -0.25) is 4.98 Å². The summed E-state index contributed by atoms with van der Waals surface area (Å²) < 4.78 is 54.6. The Bertz CT molecular complexity index is 1780. The molecule has 4 aromatic heterocycles. The molecule has 230 valence electrons. The van der Waals surface area contributed by atoms with Gasteiger partial charge < -0.3 is 29.6 Å². The fourth-order valence-corrected chi connectivity index (χ4v) is 4.73. The number of aliphatic hydroxyl groups is 1. The molecular weight excluding hydrogens is 592 g/mol. The van der Waals surface area contributed by atoms with E-state index in [0.29, 0.717) is 28.2 Å². The van der Waals surface area contributed by atoms with Crippen LogP contribution in [0.25, 0.3) is 23.0 Å². The zero-order valence-electron chi connectivity index (χ0n) is 24.0. The maximum absolute atomic E-state index is 12.8. The van der Waals surface area contributed by atoms with Crippen molar-refractivity contribution in [2.75, 3.05) is 23.8 Å². The van der Waals surface area contributed by atoms with Gasteiger partial charge in [0.05, 0.1) is 23.9 Å². The monoisotopic (exact) mass is 618 g/mol. The molecule has 1 atom stereocenters. The first-order chi connectivity index (χ1) is 21.6. The highest BCUT2D eigenvalue weighted by molar-refractivity contribution is 6.63. The quantitative estimate of drug-likeness (QED) is 0.190. The number of hydrogen-bond donors (Lipinski definition) is 3. The zero-order valence-corrected chi connectivity index (χ0v) is 24.0. The van der Waals surface area contributed by atoms with Crippen molar-refractivity contribution in [1.82, 2.24) is 30.1 Å². The normalized spacial score (nSPS) is 14.7. The van der Waals surface area contributed by atoms with Crippen LogP contribution in [0, 0.1) is 0 Å². The summed E-state index contributed by atoms with van der Waals surface area (Å²) in [5, 5.41) is 20.5. The molecule has 5 aromatic rings. The summed E-state index contributed by atoms with van der Waals surface area (Å²) in [5.41, 5.74) is 1.47. The second-order valence-electron chi connectivity index (χ2n) is 10.5. The number of alkyl halides is 3. The van der Waals surface area contributed by atoms with Crippen molar-refractivity contribution in [2.24, 2.45) is 0 Å². The second kappa shape index (κ2) is 12.2. The van der Waals surface area contributed by atoms with Crippen LogP contribution < -0.4 is 16.1 Å². The van der Waals surface area contributed by atoms with Crippen molar-refractivity contribution in [3.8, 4) is 23.0 Å². The number of nitrogens with one attached hydrogen (secondary N) is 2. The molecule has 0 aliphatic carbocycles. The number of hydrogen-bond acceptors (Lipinski definition) is 12. The van der Waals surface area contributed by atoms with Gasteiger partial charge in [0.1, 0.15) is 29.5 Å². The third-order valence-corrected chi connectivity index (χ3v) is 6.83. The Morgan fingerprint density at radius 1 is 1.00 bits per heavy atom. The molecule has 45 heavy (non-hydrogen) atoms. The lowest BCUT2D eigenvalue weighted by atomic mass is 9.80. The minimum absolute atomic E-state index is 0.119. The van der Waals surface area contributed by atoms with Crippen LogP contribution in [0.15, 0.2) is 77.6 Å². The molecule has 0 saturated carbocycles. The standard InChI is InChI=1S/C29H26BF3N8O4/c1-28(2)23-19(30(45-28)43-16-29(31,32)33)11-12-22(37-23)38-27-35-14-18(26-39-25(41-44-26)20-10-6-7-13-34-20)24(40-27)36-21(15-42)17-8-4-3-5-9-17/h3-14,21,42H,15-16H2,1-2H3,(H2,35,36,37,38,40)/t21-/m1/s1. The first kappa shape index (κ1) is 30.1. The number of aromatic nitrogens is 6. The molecule has 6 rings (SSSR count). The first-order valence-corrected chi connectivity index (χ1v) is 13.8. The fourth-order valence-electron chi connectivity index (χ4n) is 4.73. The summed E-state index contributed by atoms with van der Waals surface area (Å²) in [7, 11) is -1.22. The number of nitrogens with zero attached hydrogens (tertiary/aromatic N) is 6. The molecule has 5 heterocycles. The number of rotatable bonds is 10. The smallest absolute Gasteiger partial charge is 0.398 e. The predicted molar refractivity (Wildman–Crippen MR) is 157 cm³/mol. The molecular formula is C29H26BF3N8O4. The molecule has 0 spiro atoms. The van der Waals surface area contributed by atoms with Gasteiger partial charge in [-0.25, -0.2) is 9.97 Å². The molecule has 16 heteroatoms. The molecule has 1 aliphatic heterocycles. The highest BCUT2D eigenvalue weighted by atomic mass is 19.4. The van der Waals surface area contributed by atoms with Gasteiger partial charge in [0.25, 0.3) is 5.89 Å². The largest absolute Gasteiger partial charge is 0.496 e. The van der Waals surface area contributed by atoms with E-state index in [9.17, 15) is 18.3 Å². The van der Waals surface area contributed by atoms with E-state index in [0.717, 1.165) is 5.56 Å². The molecule has 12 nitrogen and oxygen atoms in total. The Kier molecular flexibility index (Phi) is 8.18. The lowest BCUT2D eigenvalue weighted by Gasteiger charge is -2.20. The molecule has 0 unspecified atom stereocenters. The van der Waals surface area contributed by atoms with Gasteiger partial charge >= 0.3 is 13.3 Å². The van der Waals surface area contributed by atoms with Crippen LogP contribution in [-0.4, -0.2) is 61.7 Å². The van der Waals surface area contributed by atoms with E-state index in [1.807, 2.05) is 30.3 Å². The molecule has 1 aliphatic rings. The van der Waals surface area contributed by atoms with Crippen molar-refractivity contribution in [3.63, 3.8) is 0 Å². The van der Waals surface area contributed by atoms with Crippen molar-refractivity contribution < 1.29 is 32.1 Å². The zero-order chi connectivity index (χ0) is 31.6. The Morgan fingerprint density at radius 2 is 1.80 bits per heavy atom. The molecule has 0 fully saturated rings. The van der Waals surface area contributed by atoms with Crippen molar-refractivity contribution >= 4 is 30.2 Å². The van der Waals surface area contributed by atoms with E-state index in [2.05, 4.69) is 40.7 Å². The number of anilines is 3. The number of fused-ring (bicyclic) bond motifs is 1. The molecule has 0 saturated heterocycles. The number of pyridine rings is 2. The van der Waals surface area contributed by atoms with Crippen LogP contribution in [0.5, 0.6) is 0 Å². The Morgan fingerprint density at radius 3 is 2.53 bits per heavy atom. The maximum atomic E-state index is 12.8. The third kappa shape index (κ3) is 6.77.